The highest BCUT2D eigenvalue weighted by molar-refractivity contribution is 5.94. The maximum absolute atomic E-state index is 11.2. The number of rotatable bonds is 2. The summed E-state index contributed by atoms with van der Waals surface area (Å²) in [6, 6.07) is 3.40. The smallest absolute Gasteiger partial charge is 0.341 e. The zero-order valence-corrected chi connectivity index (χ0v) is 7.94. The highest BCUT2D eigenvalue weighted by Gasteiger charge is 2.12. The van der Waals surface area contributed by atoms with E-state index in [9.17, 15) is 4.79 Å². The molecule has 13 heavy (non-hydrogen) atoms. The van der Waals surface area contributed by atoms with E-state index in [-0.39, 0.29) is 5.97 Å². The number of hydrogen-bond donors (Lipinski definition) is 0. The van der Waals surface area contributed by atoms with Gasteiger partial charge in [0.15, 0.2) is 0 Å². The first-order valence-corrected chi connectivity index (χ1v) is 3.87. The van der Waals surface area contributed by atoms with Gasteiger partial charge < -0.3 is 9.64 Å². The van der Waals surface area contributed by atoms with Gasteiger partial charge in [-0.1, -0.05) is 0 Å². The molecule has 0 amide bonds. The van der Waals surface area contributed by atoms with Crippen LogP contribution in [-0.2, 0) is 4.74 Å². The van der Waals surface area contributed by atoms with Crippen LogP contribution in [0.1, 0.15) is 10.4 Å². The van der Waals surface area contributed by atoms with Gasteiger partial charge in [-0.2, -0.15) is 0 Å². The number of nitrogens with zero attached hydrogens (tertiary/aromatic N) is 2. The Bertz CT molecular complexity index is 310. The summed E-state index contributed by atoms with van der Waals surface area (Å²) in [5.41, 5.74) is 0.481. The molecule has 0 fully saturated rings. The number of pyridine rings is 1. The summed E-state index contributed by atoms with van der Waals surface area (Å²) in [5, 5.41) is 0. The van der Waals surface area contributed by atoms with E-state index < -0.39 is 0 Å². The van der Waals surface area contributed by atoms with Crippen LogP contribution in [0.2, 0.25) is 0 Å². The van der Waals surface area contributed by atoms with Crippen LogP contribution in [0, 0.1) is 0 Å². The number of methoxy groups -OCH3 is 1. The van der Waals surface area contributed by atoms with Gasteiger partial charge in [0.05, 0.1) is 7.11 Å². The molecule has 0 radical (unpaired) electrons. The minimum Gasteiger partial charge on any atom is -0.465 e. The van der Waals surface area contributed by atoms with Crippen molar-refractivity contribution in [1.29, 1.82) is 0 Å². The molecule has 1 aromatic rings. The Morgan fingerprint density at radius 2 is 2.23 bits per heavy atom. The minimum atomic E-state index is -0.364. The van der Waals surface area contributed by atoms with Crippen molar-refractivity contribution >= 4 is 11.8 Å². The van der Waals surface area contributed by atoms with Crippen LogP contribution >= 0.6 is 0 Å². The van der Waals surface area contributed by atoms with Crippen molar-refractivity contribution < 1.29 is 9.53 Å². The van der Waals surface area contributed by atoms with E-state index in [0.717, 1.165) is 0 Å². The monoisotopic (exact) mass is 180 g/mol. The average Bonchev–Trinajstić information content (AvgIpc) is 2.16. The van der Waals surface area contributed by atoms with Crippen molar-refractivity contribution in [3.63, 3.8) is 0 Å². The first kappa shape index (κ1) is 9.51. The number of carbonyl (C=O) groups is 1. The van der Waals surface area contributed by atoms with Gasteiger partial charge >= 0.3 is 5.97 Å². The molecule has 1 rings (SSSR count). The predicted molar refractivity (Wildman–Crippen MR) is 49.9 cm³/mol. The molecule has 0 unspecified atom stereocenters. The lowest BCUT2D eigenvalue weighted by atomic mass is 10.2. The molecule has 70 valence electrons. The number of hydrogen-bond acceptors (Lipinski definition) is 4. The topological polar surface area (TPSA) is 42.4 Å². The van der Waals surface area contributed by atoms with E-state index in [1.165, 1.54) is 7.11 Å². The fourth-order valence-corrected chi connectivity index (χ4v) is 1.02. The van der Waals surface area contributed by atoms with Crippen LogP contribution in [0.25, 0.3) is 0 Å². The van der Waals surface area contributed by atoms with Gasteiger partial charge in [-0.05, 0) is 12.1 Å². The summed E-state index contributed by atoms with van der Waals surface area (Å²) in [4.78, 5) is 17.1. The number of esters is 1. The minimum absolute atomic E-state index is 0.364. The maximum Gasteiger partial charge on any atom is 0.341 e. The van der Waals surface area contributed by atoms with Crippen LogP contribution in [0.3, 0.4) is 0 Å². The van der Waals surface area contributed by atoms with E-state index in [4.69, 9.17) is 0 Å². The first-order valence-electron chi connectivity index (χ1n) is 3.87. The van der Waals surface area contributed by atoms with E-state index in [1.54, 1.807) is 23.2 Å². The quantitative estimate of drug-likeness (QED) is 0.635. The molecule has 0 bridgehead atoms. The van der Waals surface area contributed by atoms with E-state index in [1.807, 2.05) is 14.1 Å². The zero-order valence-electron chi connectivity index (χ0n) is 7.94. The van der Waals surface area contributed by atoms with Crippen LogP contribution in [-0.4, -0.2) is 32.2 Å². The van der Waals surface area contributed by atoms with Crippen LogP contribution in [0.4, 0.5) is 5.82 Å². The largest absolute Gasteiger partial charge is 0.465 e. The summed E-state index contributed by atoms with van der Waals surface area (Å²) >= 11 is 0. The molecule has 0 aliphatic carbocycles. The van der Waals surface area contributed by atoms with Crippen molar-refractivity contribution in [1.82, 2.24) is 4.98 Å². The SMILES string of the molecule is COC(=O)c1cccnc1N(C)C. The molecule has 0 saturated carbocycles. The molecule has 0 atom stereocenters. The van der Waals surface area contributed by atoms with Gasteiger partial charge in [-0.3, -0.25) is 0 Å². The van der Waals surface area contributed by atoms with Gasteiger partial charge in [0.1, 0.15) is 11.4 Å². The highest BCUT2D eigenvalue weighted by atomic mass is 16.5. The van der Waals surface area contributed by atoms with Gasteiger partial charge in [0.25, 0.3) is 0 Å². The summed E-state index contributed by atoms with van der Waals surface area (Å²) in [7, 11) is 5.01. The second-order valence-corrected chi connectivity index (χ2v) is 2.76. The third kappa shape index (κ3) is 1.96. The molecule has 4 heteroatoms. The van der Waals surface area contributed by atoms with Crippen LogP contribution < -0.4 is 4.90 Å². The second kappa shape index (κ2) is 3.89. The lowest BCUT2D eigenvalue weighted by molar-refractivity contribution is 0.0601. The Labute approximate surface area is 77.1 Å². The molecule has 1 aromatic heterocycles. The van der Waals surface area contributed by atoms with Crippen molar-refractivity contribution in [2.75, 3.05) is 26.1 Å². The van der Waals surface area contributed by atoms with Crippen LogP contribution in [0.5, 0.6) is 0 Å². The van der Waals surface area contributed by atoms with E-state index in [0.29, 0.717) is 11.4 Å². The summed E-state index contributed by atoms with van der Waals surface area (Å²) < 4.78 is 4.62. The number of carbonyl (C=O) groups excluding carboxylic acids is 1. The van der Waals surface area contributed by atoms with Gasteiger partial charge in [-0.25, -0.2) is 9.78 Å². The summed E-state index contributed by atoms with van der Waals surface area (Å²) in [6.07, 6.45) is 1.64. The molecule has 0 aliphatic heterocycles. The van der Waals surface area contributed by atoms with E-state index in [2.05, 4.69) is 9.72 Å². The molecule has 0 aliphatic rings. The molecule has 4 nitrogen and oxygen atoms in total. The van der Waals surface area contributed by atoms with Crippen LogP contribution in [0.15, 0.2) is 18.3 Å². The van der Waals surface area contributed by atoms with Gasteiger partial charge in [0.2, 0.25) is 0 Å². The third-order valence-electron chi connectivity index (χ3n) is 1.62. The molecule has 0 saturated heterocycles. The summed E-state index contributed by atoms with van der Waals surface area (Å²) in [6.45, 7) is 0. The fourth-order valence-electron chi connectivity index (χ4n) is 1.02. The molecule has 0 N–H and O–H groups in total. The Kier molecular flexibility index (Phi) is 2.84. The molecule has 0 spiro atoms. The average molecular weight is 180 g/mol. The third-order valence-corrected chi connectivity index (χ3v) is 1.62. The Balaban J connectivity index is 3.12. The summed E-state index contributed by atoms with van der Waals surface area (Å²) in [5.74, 6) is 0.256. The Hall–Kier alpha value is -1.58. The predicted octanol–water partition coefficient (Wildman–Crippen LogP) is 0.934. The zero-order chi connectivity index (χ0) is 9.84. The van der Waals surface area contributed by atoms with Crippen molar-refractivity contribution in [3.05, 3.63) is 23.9 Å². The lowest BCUT2D eigenvalue weighted by Crippen LogP contribution is -2.16. The van der Waals surface area contributed by atoms with Gasteiger partial charge in [0, 0.05) is 20.3 Å². The lowest BCUT2D eigenvalue weighted by Gasteiger charge is -2.13. The fraction of sp³-hybridized carbons (Fsp3) is 0.333. The van der Waals surface area contributed by atoms with E-state index >= 15 is 0 Å². The van der Waals surface area contributed by atoms with Gasteiger partial charge in [-0.15, -0.1) is 0 Å². The molecular formula is C9H12N2O2. The normalized spacial score (nSPS) is 9.46. The highest BCUT2D eigenvalue weighted by Crippen LogP contribution is 2.14. The first-order chi connectivity index (χ1) is 6.16. The van der Waals surface area contributed by atoms with Crippen molar-refractivity contribution in [3.8, 4) is 0 Å². The number of ether oxygens (including phenoxy) is 1. The number of anilines is 1. The van der Waals surface area contributed by atoms with Crippen molar-refractivity contribution in [2.45, 2.75) is 0 Å². The standard InChI is InChI=1S/C9H12N2O2/c1-11(2)8-7(9(12)13-3)5-4-6-10-8/h4-6H,1-3H3. The second-order valence-electron chi connectivity index (χ2n) is 2.76. The number of aromatic nitrogens is 1. The van der Waals surface area contributed by atoms with Crippen molar-refractivity contribution in [2.24, 2.45) is 0 Å². The molecule has 0 aromatic carbocycles. The Morgan fingerprint density at radius 3 is 2.77 bits per heavy atom. The Morgan fingerprint density at radius 1 is 1.54 bits per heavy atom. The molecular weight excluding hydrogens is 168 g/mol. The molecule has 1 heterocycles. The maximum atomic E-state index is 11.2.